The van der Waals surface area contributed by atoms with E-state index in [2.05, 4.69) is 38.8 Å². The van der Waals surface area contributed by atoms with Crippen LogP contribution in [0.4, 0.5) is 0 Å². The van der Waals surface area contributed by atoms with Gasteiger partial charge in [-0.05, 0) is 61.9 Å². The van der Waals surface area contributed by atoms with E-state index in [1.807, 2.05) is 25.1 Å². The van der Waals surface area contributed by atoms with Crippen molar-refractivity contribution in [3.8, 4) is 5.75 Å². The highest BCUT2D eigenvalue weighted by Crippen LogP contribution is 2.44. The fourth-order valence-electron chi connectivity index (χ4n) is 4.46. The molecule has 5 rings (SSSR count). The molecule has 0 amide bonds. The minimum Gasteiger partial charge on any atom is -0.487 e. The number of aromatic nitrogens is 2. The molecule has 2 fully saturated rings. The Hall–Kier alpha value is -2.38. The second-order valence-corrected chi connectivity index (χ2v) is 9.35. The topological polar surface area (TPSA) is 62.6 Å². The van der Waals surface area contributed by atoms with Crippen LogP contribution in [0.15, 0.2) is 40.9 Å². The van der Waals surface area contributed by atoms with Crippen molar-refractivity contribution in [2.24, 2.45) is 0 Å². The van der Waals surface area contributed by atoms with Crippen molar-refractivity contribution in [2.75, 3.05) is 19.8 Å². The van der Waals surface area contributed by atoms with Crippen LogP contribution in [-0.4, -0.2) is 35.6 Å². The van der Waals surface area contributed by atoms with Crippen LogP contribution in [0, 0.1) is 0 Å². The van der Waals surface area contributed by atoms with Crippen molar-refractivity contribution in [1.82, 2.24) is 9.78 Å². The fraction of sp³-hybridized carbons (Fsp3) is 0.440. The molecule has 1 saturated carbocycles. The highest BCUT2D eigenvalue weighted by molar-refractivity contribution is 9.10. The molecule has 1 atom stereocenters. The Morgan fingerprint density at radius 2 is 2.12 bits per heavy atom. The summed E-state index contributed by atoms with van der Waals surface area (Å²) in [6, 6.07) is 12.5. The SMILES string of the molecule is CCOC(=O)Cc1c(OCc2nn(C3CCOC3)c3ccc(Br)cc23)cccc1C1CC1. The monoisotopic (exact) mass is 498 g/mol. The van der Waals surface area contributed by atoms with Gasteiger partial charge in [-0.15, -0.1) is 0 Å². The van der Waals surface area contributed by atoms with E-state index in [1.54, 1.807) is 0 Å². The molecule has 7 heteroatoms. The summed E-state index contributed by atoms with van der Waals surface area (Å²) >= 11 is 3.59. The third-order valence-corrected chi connectivity index (χ3v) is 6.67. The first-order valence-electron chi connectivity index (χ1n) is 11.3. The second kappa shape index (κ2) is 9.24. The zero-order valence-corrected chi connectivity index (χ0v) is 19.8. The number of ether oxygens (including phenoxy) is 3. The maximum Gasteiger partial charge on any atom is 0.310 e. The molecule has 1 aromatic heterocycles. The van der Waals surface area contributed by atoms with Gasteiger partial charge in [0.05, 0.1) is 31.2 Å². The summed E-state index contributed by atoms with van der Waals surface area (Å²) in [4.78, 5) is 12.3. The molecule has 2 aliphatic rings. The largest absolute Gasteiger partial charge is 0.487 e. The van der Waals surface area contributed by atoms with Crippen LogP contribution in [0.1, 0.15) is 55.0 Å². The number of carbonyl (C=O) groups excluding carboxylic acids is 1. The fourth-order valence-corrected chi connectivity index (χ4v) is 4.82. The van der Waals surface area contributed by atoms with Crippen molar-refractivity contribution < 1.29 is 19.0 Å². The van der Waals surface area contributed by atoms with Gasteiger partial charge in [-0.2, -0.15) is 5.10 Å². The lowest BCUT2D eigenvalue weighted by Crippen LogP contribution is -2.12. The van der Waals surface area contributed by atoms with E-state index >= 15 is 0 Å². The molecule has 6 nitrogen and oxygen atoms in total. The van der Waals surface area contributed by atoms with Crippen LogP contribution in [0.25, 0.3) is 10.9 Å². The van der Waals surface area contributed by atoms with E-state index in [0.29, 0.717) is 25.7 Å². The number of fused-ring (bicyclic) bond motifs is 1. The summed E-state index contributed by atoms with van der Waals surface area (Å²) in [7, 11) is 0. The van der Waals surface area contributed by atoms with Crippen LogP contribution < -0.4 is 4.74 Å². The van der Waals surface area contributed by atoms with E-state index < -0.39 is 0 Å². The van der Waals surface area contributed by atoms with Crippen LogP contribution in [0.5, 0.6) is 5.75 Å². The lowest BCUT2D eigenvalue weighted by Gasteiger charge is -2.15. The number of nitrogens with zero attached hydrogens (tertiary/aromatic N) is 2. The van der Waals surface area contributed by atoms with Crippen molar-refractivity contribution in [3.63, 3.8) is 0 Å². The second-order valence-electron chi connectivity index (χ2n) is 8.44. The minimum atomic E-state index is -0.217. The number of esters is 1. The van der Waals surface area contributed by atoms with E-state index in [1.165, 1.54) is 5.56 Å². The molecule has 1 unspecified atom stereocenters. The lowest BCUT2D eigenvalue weighted by atomic mass is 9.99. The van der Waals surface area contributed by atoms with Crippen LogP contribution in [-0.2, 0) is 27.3 Å². The first-order valence-corrected chi connectivity index (χ1v) is 12.1. The lowest BCUT2D eigenvalue weighted by molar-refractivity contribution is -0.142. The van der Waals surface area contributed by atoms with E-state index in [0.717, 1.165) is 58.3 Å². The zero-order valence-electron chi connectivity index (χ0n) is 18.2. The number of hydrogen-bond acceptors (Lipinski definition) is 5. The molecule has 3 aromatic rings. The zero-order chi connectivity index (χ0) is 22.1. The Labute approximate surface area is 196 Å². The van der Waals surface area contributed by atoms with Crippen molar-refractivity contribution in [2.45, 2.75) is 51.2 Å². The van der Waals surface area contributed by atoms with Gasteiger partial charge in [0, 0.05) is 22.0 Å². The predicted octanol–water partition coefficient (Wildman–Crippen LogP) is 5.32. The molecule has 0 spiro atoms. The van der Waals surface area contributed by atoms with Crippen LogP contribution >= 0.6 is 15.9 Å². The summed E-state index contributed by atoms with van der Waals surface area (Å²) in [5.74, 6) is 1.04. The Morgan fingerprint density at radius 1 is 1.25 bits per heavy atom. The number of halogens is 1. The van der Waals surface area contributed by atoms with Gasteiger partial charge in [-0.25, -0.2) is 0 Å². The molecule has 2 aromatic carbocycles. The molecular formula is C25H27BrN2O4. The average molecular weight is 499 g/mol. The van der Waals surface area contributed by atoms with Crippen LogP contribution in [0.3, 0.4) is 0 Å². The van der Waals surface area contributed by atoms with E-state index in [4.69, 9.17) is 19.3 Å². The highest BCUT2D eigenvalue weighted by atomic mass is 79.9. The maximum absolute atomic E-state index is 12.3. The average Bonchev–Trinajstić information content (AvgIpc) is 3.36. The number of benzene rings is 2. The molecule has 1 aliphatic heterocycles. The van der Waals surface area contributed by atoms with Gasteiger partial charge in [0.15, 0.2) is 0 Å². The Balaban J connectivity index is 1.45. The summed E-state index contributed by atoms with van der Waals surface area (Å²) in [6.07, 6.45) is 3.51. The molecule has 32 heavy (non-hydrogen) atoms. The number of rotatable bonds is 8. The van der Waals surface area contributed by atoms with Crippen molar-refractivity contribution in [1.29, 1.82) is 0 Å². The Morgan fingerprint density at radius 3 is 2.88 bits per heavy atom. The third kappa shape index (κ3) is 4.41. The first kappa shape index (κ1) is 21.5. The first-order chi connectivity index (χ1) is 15.6. The summed E-state index contributed by atoms with van der Waals surface area (Å²) in [5, 5.41) is 5.98. The van der Waals surface area contributed by atoms with Crippen molar-refractivity contribution >= 4 is 32.8 Å². The molecule has 2 heterocycles. The molecule has 0 bridgehead atoms. The summed E-state index contributed by atoms with van der Waals surface area (Å²) in [6.45, 7) is 3.98. The molecule has 1 aliphatic carbocycles. The van der Waals surface area contributed by atoms with Crippen molar-refractivity contribution in [3.05, 3.63) is 57.7 Å². The number of carbonyl (C=O) groups is 1. The Bertz CT molecular complexity index is 1130. The maximum atomic E-state index is 12.3. The number of hydrogen-bond donors (Lipinski definition) is 0. The minimum absolute atomic E-state index is 0.217. The van der Waals surface area contributed by atoms with Gasteiger partial charge in [0.1, 0.15) is 18.1 Å². The smallest absolute Gasteiger partial charge is 0.310 e. The quantitative estimate of drug-likeness (QED) is 0.393. The molecule has 168 valence electrons. The van der Waals surface area contributed by atoms with Gasteiger partial charge in [0.2, 0.25) is 0 Å². The molecular weight excluding hydrogens is 472 g/mol. The van der Waals surface area contributed by atoms with Gasteiger partial charge in [-0.1, -0.05) is 28.1 Å². The normalized spacial score (nSPS) is 18.2. The molecule has 0 radical (unpaired) electrons. The summed E-state index contributed by atoms with van der Waals surface area (Å²) < 4.78 is 20.2. The predicted molar refractivity (Wildman–Crippen MR) is 125 cm³/mol. The third-order valence-electron chi connectivity index (χ3n) is 6.17. The van der Waals surface area contributed by atoms with E-state index in [-0.39, 0.29) is 18.4 Å². The van der Waals surface area contributed by atoms with Gasteiger partial charge in [0.25, 0.3) is 0 Å². The van der Waals surface area contributed by atoms with Gasteiger partial charge in [-0.3, -0.25) is 9.48 Å². The van der Waals surface area contributed by atoms with E-state index in [9.17, 15) is 4.79 Å². The van der Waals surface area contributed by atoms with Gasteiger partial charge < -0.3 is 14.2 Å². The van der Waals surface area contributed by atoms with Gasteiger partial charge >= 0.3 is 5.97 Å². The van der Waals surface area contributed by atoms with Crippen LogP contribution in [0.2, 0.25) is 0 Å². The highest BCUT2D eigenvalue weighted by Gasteiger charge is 2.29. The molecule has 1 saturated heterocycles. The Kier molecular flexibility index (Phi) is 6.20. The summed E-state index contributed by atoms with van der Waals surface area (Å²) in [5.41, 5.74) is 4.12. The molecule has 0 N–H and O–H groups in total. The standard InChI is InChI=1S/C25H27BrN2O4/c1-2-31-25(29)13-20-19(16-6-7-16)4-3-5-24(20)32-15-22-21-12-17(26)8-9-23(21)28(27-22)18-10-11-30-14-18/h3-5,8-9,12,16,18H,2,6-7,10-11,13-15H2,1H3.